The van der Waals surface area contributed by atoms with Gasteiger partial charge in [-0.05, 0) is 23.1 Å². The summed E-state index contributed by atoms with van der Waals surface area (Å²) in [6.45, 7) is 4.27. The molecule has 0 aromatic heterocycles. The number of carbonyl (C=O) groups is 1. The van der Waals surface area contributed by atoms with E-state index in [-0.39, 0.29) is 0 Å². The quantitative estimate of drug-likeness (QED) is 0.728. The zero-order chi connectivity index (χ0) is 10.6. The molecule has 0 heterocycles. The Morgan fingerprint density at radius 2 is 2.14 bits per heavy atom. The zero-order valence-electron chi connectivity index (χ0n) is 8.53. The van der Waals surface area contributed by atoms with Crippen molar-refractivity contribution < 1.29 is 4.79 Å². The monoisotopic (exact) mass is 189 g/mol. The van der Waals surface area contributed by atoms with Crippen LogP contribution in [0.3, 0.4) is 0 Å². The first-order chi connectivity index (χ1) is 6.59. The Morgan fingerprint density at radius 3 is 2.71 bits per heavy atom. The third kappa shape index (κ3) is 3.05. The second kappa shape index (κ2) is 4.61. The van der Waals surface area contributed by atoms with Crippen molar-refractivity contribution in [2.45, 2.75) is 19.8 Å². The predicted molar refractivity (Wildman–Crippen MR) is 58.8 cm³/mol. The molecule has 74 valence electrons. The van der Waals surface area contributed by atoms with Crippen molar-refractivity contribution >= 4 is 12.0 Å². The number of rotatable bonds is 3. The van der Waals surface area contributed by atoms with Crippen molar-refractivity contribution in [1.82, 2.24) is 0 Å². The fourth-order valence-corrected chi connectivity index (χ4v) is 1.20. The Balaban J connectivity index is 2.89. The summed E-state index contributed by atoms with van der Waals surface area (Å²) in [6, 6.07) is 8.07. The lowest BCUT2D eigenvalue weighted by atomic mass is 10.0. The molecule has 14 heavy (non-hydrogen) atoms. The van der Waals surface area contributed by atoms with Gasteiger partial charge in [0.15, 0.2) is 0 Å². The minimum Gasteiger partial charge on any atom is -0.366 e. The largest absolute Gasteiger partial charge is 0.366 e. The minimum atomic E-state index is -0.417. The van der Waals surface area contributed by atoms with Gasteiger partial charge in [-0.3, -0.25) is 4.79 Å². The topological polar surface area (TPSA) is 43.1 Å². The highest BCUT2D eigenvalue weighted by Gasteiger charge is 1.98. The van der Waals surface area contributed by atoms with E-state index in [0.29, 0.717) is 5.92 Å². The fourth-order valence-electron chi connectivity index (χ4n) is 1.20. The van der Waals surface area contributed by atoms with E-state index >= 15 is 0 Å². The highest BCUT2D eigenvalue weighted by molar-refractivity contribution is 5.90. The summed E-state index contributed by atoms with van der Waals surface area (Å²) in [5, 5.41) is 0. The van der Waals surface area contributed by atoms with Crippen LogP contribution >= 0.6 is 0 Å². The van der Waals surface area contributed by atoms with Gasteiger partial charge in [0, 0.05) is 6.08 Å². The second-order valence-corrected chi connectivity index (χ2v) is 3.56. The number of hydrogen-bond donors (Lipinski definition) is 1. The molecule has 0 spiro atoms. The predicted octanol–water partition coefficient (Wildman–Crippen LogP) is 2.31. The Labute approximate surface area is 84.4 Å². The SMILES string of the molecule is CC(C)c1cccc(/C=C\C(N)=O)c1. The van der Waals surface area contributed by atoms with Gasteiger partial charge >= 0.3 is 0 Å². The molecule has 0 aliphatic carbocycles. The Bertz CT molecular complexity index is 353. The van der Waals surface area contributed by atoms with Gasteiger partial charge in [-0.2, -0.15) is 0 Å². The van der Waals surface area contributed by atoms with Crippen LogP contribution in [0.25, 0.3) is 6.08 Å². The fraction of sp³-hybridized carbons (Fsp3) is 0.250. The van der Waals surface area contributed by atoms with E-state index in [4.69, 9.17) is 5.73 Å². The Kier molecular flexibility index (Phi) is 3.46. The van der Waals surface area contributed by atoms with Crippen LogP contribution in [-0.2, 0) is 4.79 Å². The van der Waals surface area contributed by atoms with Crippen LogP contribution in [0.5, 0.6) is 0 Å². The van der Waals surface area contributed by atoms with Gasteiger partial charge in [0.2, 0.25) is 5.91 Å². The van der Waals surface area contributed by atoms with Crippen LogP contribution in [0.15, 0.2) is 30.3 Å². The number of carbonyl (C=O) groups excluding carboxylic acids is 1. The molecule has 2 nitrogen and oxygen atoms in total. The van der Waals surface area contributed by atoms with Crippen molar-refractivity contribution in [2.24, 2.45) is 5.73 Å². The number of nitrogens with two attached hydrogens (primary N) is 1. The van der Waals surface area contributed by atoms with Gasteiger partial charge in [0.05, 0.1) is 0 Å². The highest BCUT2D eigenvalue weighted by atomic mass is 16.1. The van der Waals surface area contributed by atoms with Crippen LogP contribution in [0.2, 0.25) is 0 Å². The molecular weight excluding hydrogens is 174 g/mol. The van der Waals surface area contributed by atoms with Crippen molar-refractivity contribution in [3.63, 3.8) is 0 Å². The van der Waals surface area contributed by atoms with E-state index in [1.807, 2.05) is 12.1 Å². The highest BCUT2D eigenvalue weighted by Crippen LogP contribution is 2.16. The van der Waals surface area contributed by atoms with E-state index < -0.39 is 5.91 Å². The molecule has 0 radical (unpaired) electrons. The number of benzene rings is 1. The Morgan fingerprint density at radius 1 is 1.43 bits per heavy atom. The van der Waals surface area contributed by atoms with E-state index in [9.17, 15) is 4.79 Å². The zero-order valence-corrected chi connectivity index (χ0v) is 8.53. The maximum absolute atomic E-state index is 10.5. The van der Waals surface area contributed by atoms with Gasteiger partial charge in [0.1, 0.15) is 0 Å². The summed E-state index contributed by atoms with van der Waals surface area (Å²) in [7, 11) is 0. The van der Waals surface area contributed by atoms with Crippen LogP contribution in [0, 0.1) is 0 Å². The summed E-state index contributed by atoms with van der Waals surface area (Å²) < 4.78 is 0. The molecule has 1 aromatic rings. The smallest absolute Gasteiger partial charge is 0.241 e. The summed E-state index contributed by atoms with van der Waals surface area (Å²) in [4.78, 5) is 10.5. The maximum atomic E-state index is 10.5. The first kappa shape index (κ1) is 10.5. The van der Waals surface area contributed by atoms with Gasteiger partial charge < -0.3 is 5.73 Å². The van der Waals surface area contributed by atoms with Gasteiger partial charge in [-0.25, -0.2) is 0 Å². The second-order valence-electron chi connectivity index (χ2n) is 3.56. The number of hydrogen-bond acceptors (Lipinski definition) is 1. The summed E-state index contributed by atoms with van der Waals surface area (Å²) in [6.07, 6.45) is 3.10. The summed E-state index contributed by atoms with van der Waals surface area (Å²) in [5.41, 5.74) is 7.28. The molecule has 0 fully saturated rings. The molecule has 1 rings (SSSR count). The van der Waals surface area contributed by atoms with E-state index in [0.717, 1.165) is 5.56 Å². The lowest BCUT2D eigenvalue weighted by molar-refractivity contribution is -0.113. The Hall–Kier alpha value is -1.57. The molecule has 0 saturated heterocycles. The summed E-state index contributed by atoms with van der Waals surface area (Å²) in [5.74, 6) is 0.0804. The van der Waals surface area contributed by atoms with E-state index in [1.165, 1.54) is 11.6 Å². The van der Waals surface area contributed by atoms with Crippen molar-refractivity contribution in [3.05, 3.63) is 41.5 Å². The molecule has 0 bridgehead atoms. The van der Waals surface area contributed by atoms with Gasteiger partial charge in [0.25, 0.3) is 0 Å². The van der Waals surface area contributed by atoms with E-state index in [1.54, 1.807) is 6.08 Å². The summed E-state index contributed by atoms with van der Waals surface area (Å²) >= 11 is 0. The molecular formula is C12H15NO. The van der Waals surface area contributed by atoms with Crippen LogP contribution < -0.4 is 5.73 Å². The van der Waals surface area contributed by atoms with Crippen molar-refractivity contribution in [1.29, 1.82) is 0 Å². The van der Waals surface area contributed by atoms with Crippen LogP contribution in [-0.4, -0.2) is 5.91 Å². The van der Waals surface area contributed by atoms with Crippen LogP contribution in [0.4, 0.5) is 0 Å². The van der Waals surface area contributed by atoms with Crippen LogP contribution in [0.1, 0.15) is 30.9 Å². The average Bonchev–Trinajstić information content (AvgIpc) is 2.15. The first-order valence-corrected chi connectivity index (χ1v) is 4.67. The lowest BCUT2D eigenvalue weighted by Crippen LogP contribution is -2.05. The number of primary amides is 1. The molecule has 0 atom stereocenters. The van der Waals surface area contributed by atoms with Gasteiger partial charge in [-0.1, -0.05) is 38.1 Å². The van der Waals surface area contributed by atoms with Crippen molar-refractivity contribution in [3.8, 4) is 0 Å². The third-order valence-corrected chi connectivity index (χ3v) is 2.02. The molecule has 1 amide bonds. The molecule has 0 aliphatic heterocycles. The first-order valence-electron chi connectivity index (χ1n) is 4.67. The molecule has 2 heteroatoms. The number of amides is 1. The average molecular weight is 189 g/mol. The molecule has 1 aromatic carbocycles. The molecule has 0 saturated carbocycles. The maximum Gasteiger partial charge on any atom is 0.241 e. The van der Waals surface area contributed by atoms with E-state index in [2.05, 4.69) is 26.0 Å². The lowest BCUT2D eigenvalue weighted by Gasteiger charge is -2.05. The molecule has 0 unspecified atom stereocenters. The van der Waals surface area contributed by atoms with Crippen molar-refractivity contribution in [2.75, 3.05) is 0 Å². The standard InChI is InChI=1S/C12H15NO/c1-9(2)11-5-3-4-10(8-11)6-7-12(13)14/h3-9H,1-2H3,(H2,13,14)/b7-6-. The normalized spacial score (nSPS) is 11.1. The molecule has 2 N–H and O–H groups in total. The molecule has 0 aliphatic rings. The van der Waals surface area contributed by atoms with Gasteiger partial charge in [-0.15, -0.1) is 0 Å². The minimum absolute atomic E-state index is 0.417. The third-order valence-electron chi connectivity index (χ3n) is 2.02.